The average molecular weight is 225 g/mol. The van der Waals surface area contributed by atoms with Crippen LogP contribution >= 0.6 is 11.8 Å². The summed E-state index contributed by atoms with van der Waals surface area (Å²) < 4.78 is 9.99. The summed E-state index contributed by atoms with van der Waals surface area (Å²) in [5.41, 5.74) is 0. The van der Waals surface area contributed by atoms with Gasteiger partial charge in [-0.3, -0.25) is 0 Å². The summed E-state index contributed by atoms with van der Waals surface area (Å²) in [6.45, 7) is 0. The van der Waals surface area contributed by atoms with Crippen molar-refractivity contribution in [2.24, 2.45) is 0 Å². The smallest absolute Gasteiger partial charge is 0.430 e. The standard InChI is InChI=1S/C10H11NO3S/c12-10(13-8-4-6-15-7-8)14-9-3-1-2-5-11-9/h1-3,5,8H,4,6-7H2/t8-/m0/s1. The van der Waals surface area contributed by atoms with Gasteiger partial charge in [0.25, 0.3) is 0 Å². The molecule has 1 saturated heterocycles. The monoisotopic (exact) mass is 225 g/mol. The molecule has 5 heteroatoms. The summed E-state index contributed by atoms with van der Waals surface area (Å²) in [4.78, 5) is 15.1. The molecular weight excluding hydrogens is 214 g/mol. The van der Waals surface area contributed by atoms with Crippen molar-refractivity contribution in [1.29, 1.82) is 0 Å². The predicted octanol–water partition coefficient (Wildman–Crippen LogP) is 2.10. The van der Waals surface area contributed by atoms with E-state index in [4.69, 9.17) is 9.47 Å². The maximum absolute atomic E-state index is 11.3. The van der Waals surface area contributed by atoms with Crippen molar-refractivity contribution in [2.75, 3.05) is 11.5 Å². The van der Waals surface area contributed by atoms with Crippen LogP contribution in [-0.4, -0.2) is 28.7 Å². The van der Waals surface area contributed by atoms with E-state index in [1.165, 1.54) is 0 Å². The number of thioether (sulfide) groups is 1. The summed E-state index contributed by atoms with van der Waals surface area (Å²) in [7, 11) is 0. The molecule has 0 N–H and O–H groups in total. The number of nitrogens with zero attached hydrogens (tertiary/aromatic N) is 1. The summed E-state index contributed by atoms with van der Waals surface area (Å²) >= 11 is 1.78. The molecule has 0 spiro atoms. The van der Waals surface area contributed by atoms with E-state index in [1.807, 2.05) is 0 Å². The third kappa shape index (κ3) is 3.13. The highest BCUT2D eigenvalue weighted by Crippen LogP contribution is 2.20. The van der Waals surface area contributed by atoms with Crippen LogP contribution in [0.1, 0.15) is 6.42 Å². The molecule has 2 heterocycles. The maximum atomic E-state index is 11.3. The van der Waals surface area contributed by atoms with E-state index < -0.39 is 6.16 Å². The van der Waals surface area contributed by atoms with E-state index >= 15 is 0 Å². The minimum Gasteiger partial charge on any atom is -0.430 e. The molecule has 1 aliphatic rings. The summed E-state index contributed by atoms with van der Waals surface area (Å²) in [6.07, 6.45) is 1.79. The van der Waals surface area contributed by atoms with E-state index in [0.29, 0.717) is 0 Å². The fourth-order valence-electron chi connectivity index (χ4n) is 1.26. The fraction of sp³-hybridized carbons (Fsp3) is 0.400. The number of aromatic nitrogens is 1. The summed E-state index contributed by atoms with van der Waals surface area (Å²) in [6, 6.07) is 5.12. The third-order valence-electron chi connectivity index (χ3n) is 1.98. The van der Waals surface area contributed by atoms with Gasteiger partial charge in [-0.05, 0) is 18.2 Å². The van der Waals surface area contributed by atoms with Gasteiger partial charge >= 0.3 is 6.16 Å². The molecule has 0 amide bonds. The van der Waals surface area contributed by atoms with Crippen LogP contribution in [0.3, 0.4) is 0 Å². The molecular formula is C10H11NO3S. The van der Waals surface area contributed by atoms with Gasteiger partial charge in [-0.15, -0.1) is 0 Å². The van der Waals surface area contributed by atoms with Crippen LogP contribution in [0.5, 0.6) is 5.88 Å². The Morgan fingerprint density at radius 3 is 3.13 bits per heavy atom. The Kier molecular flexibility index (Phi) is 3.45. The highest BCUT2D eigenvalue weighted by molar-refractivity contribution is 7.99. The minimum absolute atomic E-state index is 0.00814. The van der Waals surface area contributed by atoms with Gasteiger partial charge in [0, 0.05) is 18.0 Å². The van der Waals surface area contributed by atoms with E-state index in [9.17, 15) is 4.79 Å². The number of hydrogen-bond acceptors (Lipinski definition) is 5. The second-order valence-electron chi connectivity index (χ2n) is 3.12. The van der Waals surface area contributed by atoms with Crippen molar-refractivity contribution < 1.29 is 14.3 Å². The Bertz CT molecular complexity index is 325. The number of rotatable bonds is 2. The van der Waals surface area contributed by atoms with Gasteiger partial charge in [0.05, 0.1) is 0 Å². The lowest BCUT2D eigenvalue weighted by atomic mass is 10.3. The topological polar surface area (TPSA) is 48.4 Å². The largest absolute Gasteiger partial charge is 0.515 e. The lowest BCUT2D eigenvalue weighted by Crippen LogP contribution is -2.20. The van der Waals surface area contributed by atoms with Gasteiger partial charge in [0.15, 0.2) is 0 Å². The maximum Gasteiger partial charge on any atom is 0.515 e. The molecule has 0 aliphatic carbocycles. The Hall–Kier alpha value is -1.23. The van der Waals surface area contributed by atoms with Gasteiger partial charge in [-0.1, -0.05) is 6.07 Å². The van der Waals surface area contributed by atoms with Crippen LogP contribution in [0.15, 0.2) is 24.4 Å². The molecule has 1 fully saturated rings. The van der Waals surface area contributed by atoms with Crippen LogP contribution in [-0.2, 0) is 4.74 Å². The quantitative estimate of drug-likeness (QED) is 0.721. The van der Waals surface area contributed by atoms with E-state index in [2.05, 4.69) is 4.98 Å². The van der Waals surface area contributed by atoms with Crippen LogP contribution in [0, 0.1) is 0 Å². The number of carbonyl (C=O) groups is 1. The molecule has 0 radical (unpaired) electrons. The second-order valence-corrected chi connectivity index (χ2v) is 4.27. The number of ether oxygens (including phenoxy) is 2. The minimum atomic E-state index is -0.666. The average Bonchev–Trinajstić information content (AvgIpc) is 2.71. The molecule has 1 aromatic heterocycles. The van der Waals surface area contributed by atoms with Crippen molar-refractivity contribution in [2.45, 2.75) is 12.5 Å². The van der Waals surface area contributed by atoms with Crippen molar-refractivity contribution >= 4 is 17.9 Å². The van der Waals surface area contributed by atoms with Gasteiger partial charge in [0.2, 0.25) is 5.88 Å². The van der Waals surface area contributed by atoms with Crippen LogP contribution in [0.4, 0.5) is 4.79 Å². The van der Waals surface area contributed by atoms with E-state index in [0.717, 1.165) is 17.9 Å². The van der Waals surface area contributed by atoms with Gasteiger partial charge in [-0.2, -0.15) is 11.8 Å². The van der Waals surface area contributed by atoms with Crippen LogP contribution in [0.2, 0.25) is 0 Å². The van der Waals surface area contributed by atoms with Crippen molar-refractivity contribution in [3.63, 3.8) is 0 Å². The second kappa shape index (κ2) is 5.02. The molecule has 1 aliphatic heterocycles. The molecule has 4 nitrogen and oxygen atoms in total. The molecule has 0 bridgehead atoms. The van der Waals surface area contributed by atoms with Gasteiger partial charge in [0.1, 0.15) is 6.10 Å². The highest BCUT2D eigenvalue weighted by atomic mass is 32.2. The Morgan fingerprint density at radius 1 is 1.53 bits per heavy atom. The zero-order valence-corrected chi connectivity index (χ0v) is 8.90. The summed E-state index contributed by atoms with van der Waals surface area (Å²) in [5, 5.41) is 0. The normalized spacial score (nSPS) is 19.9. The van der Waals surface area contributed by atoms with Crippen LogP contribution < -0.4 is 4.74 Å². The lowest BCUT2D eigenvalue weighted by Gasteiger charge is -2.09. The van der Waals surface area contributed by atoms with Crippen molar-refractivity contribution in [3.8, 4) is 5.88 Å². The zero-order chi connectivity index (χ0) is 10.5. The molecule has 1 atom stereocenters. The van der Waals surface area contributed by atoms with Crippen LogP contribution in [0.25, 0.3) is 0 Å². The van der Waals surface area contributed by atoms with E-state index in [-0.39, 0.29) is 12.0 Å². The molecule has 80 valence electrons. The first kappa shape index (κ1) is 10.3. The first-order chi connectivity index (χ1) is 7.34. The number of hydrogen-bond donors (Lipinski definition) is 0. The van der Waals surface area contributed by atoms with Crippen molar-refractivity contribution in [1.82, 2.24) is 4.98 Å². The third-order valence-corrected chi connectivity index (χ3v) is 3.11. The van der Waals surface area contributed by atoms with Crippen molar-refractivity contribution in [3.05, 3.63) is 24.4 Å². The number of pyridine rings is 1. The fourth-order valence-corrected chi connectivity index (χ4v) is 2.35. The Labute approximate surface area is 92.0 Å². The molecule has 2 rings (SSSR count). The molecule has 0 aromatic carbocycles. The number of carbonyl (C=O) groups excluding carboxylic acids is 1. The first-order valence-corrected chi connectivity index (χ1v) is 5.87. The van der Waals surface area contributed by atoms with E-state index in [1.54, 1.807) is 36.2 Å². The predicted molar refractivity (Wildman–Crippen MR) is 57.1 cm³/mol. The summed E-state index contributed by atoms with van der Waals surface area (Å²) in [5.74, 6) is 2.17. The SMILES string of the molecule is O=C(Oc1ccccn1)O[C@H]1CCSC1. The zero-order valence-electron chi connectivity index (χ0n) is 8.09. The lowest BCUT2D eigenvalue weighted by molar-refractivity contribution is 0.0674. The van der Waals surface area contributed by atoms with Gasteiger partial charge < -0.3 is 9.47 Å². The first-order valence-electron chi connectivity index (χ1n) is 4.72. The molecule has 0 unspecified atom stereocenters. The highest BCUT2D eigenvalue weighted by Gasteiger charge is 2.20. The Balaban J connectivity index is 1.82. The van der Waals surface area contributed by atoms with Gasteiger partial charge in [-0.25, -0.2) is 9.78 Å². The molecule has 0 saturated carbocycles. The molecule has 15 heavy (non-hydrogen) atoms. The molecule has 1 aromatic rings. The Morgan fingerprint density at radius 2 is 2.47 bits per heavy atom.